The van der Waals surface area contributed by atoms with E-state index in [0.29, 0.717) is 5.92 Å². The lowest BCUT2D eigenvalue weighted by molar-refractivity contribution is 0.460. The van der Waals surface area contributed by atoms with Gasteiger partial charge >= 0.3 is 0 Å². The first-order valence-corrected chi connectivity index (χ1v) is 11.3. The van der Waals surface area contributed by atoms with Crippen LogP contribution in [0, 0.1) is 6.92 Å². The molecule has 0 aliphatic carbocycles. The Labute approximate surface area is 178 Å². The van der Waals surface area contributed by atoms with Gasteiger partial charge in [-0.05, 0) is 74.7 Å². The number of thiophene rings is 1. The normalized spacial score (nSPS) is 15.4. The third-order valence-corrected chi connectivity index (χ3v) is 7.24. The van der Waals surface area contributed by atoms with E-state index in [2.05, 4.69) is 68.8 Å². The van der Waals surface area contributed by atoms with Gasteiger partial charge in [0.05, 0.1) is 22.9 Å². The van der Waals surface area contributed by atoms with E-state index in [9.17, 15) is 0 Å². The van der Waals surface area contributed by atoms with Crippen LogP contribution in [0.4, 0.5) is 0 Å². The first kappa shape index (κ1) is 17.9. The van der Waals surface area contributed by atoms with Crippen molar-refractivity contribution < 1.29 is 0 Å². The summed E-state index contributed by atoms with van der Waals surface area (Å²) in [6.07, 6.45) is 6.25. The molecule has 1 aliphatic rings. The fourth-order valence-electron chi connectivity index (χ4n) is 4.60. The molecule has 0 bridgehead atoms. The summed E-state index contributed by atoms with van der Waals surface area (Å²) in [6.45, 7) is 4.34. The Kier molecular flexibility index (Phi) is 4.21. The SMILES string of the molecule is Cc1ccc(-c2cncc3[nH]c(-c4n[nH]c5ccc(C6CCNCC6)cc45)cc23)s1. The van der Waals surface area contributed by atoms with Gasteiger partial charge in [0, 0.05) is 32.3 Å². The van der Waals surface area contributed by atoms with Gasteiger partial charge in [0.1, 0.15) is 5.69 Å². The predicted molar refractivity (Wildman–Crippen MR) is 124 cm³/mol. The quantitative estimate of drug-likeness (QED) is 0.360. The summed E-state index contributed by atoms with van der Waals surface area (Å²) < 4.78 is 0. The molecule has 0 amide bonds. The van der Waals surface area contributed by atoms with Crippen molar-refractivity contribution in [2.24, 2.45) is 0 Å². The van der Waals surface area contributed by atoms with Crippen molar-refractivity contribution in [3.63, 3.8) is 0 Å². The number of pyridine rings is 1. The highest BCUT2D eigenvalue weighted by Gasteiger charge is 2.18. The van der Waals surface area contributed by atoms with E-state index in [1.807, 2.05) is 12.4 Å². The first-order valence-electron chi connectivity index (χ1n) is 10.5. The molecule has 1 fully saturated rings. The number of hydrogen-bond donors (Lipinski definition) is 3. The van der Waals surface area contributed by atoms with Crippen LogP contribution in [0.15, 0.2) is 48.8 Å². The molecule has 5 nitrogen and oxygen atoms in total. The van der Waals surface area contributed by atoms with Crippen LogP contribution in [-0.2, 0) is 0 Å². The Morgan fingerprint density at radius 3 is 2.70 bits per heavy atom. The van der Waals surface area contributed by atoms with Crippen molar-refractivity contribution in [1.82, 2.24) is 25.5 Å². The molecular formula is C24H23N5S. The van der Waals surface area contributed by atoms with Crippen molar-refractivity contribution in [3.05, 3.63) is 59.2 Å². The molecule has 1 aromatic carbocycles. The summed E-state index contributed by atoms with van der Waals surface area (Å²) in [4.78, 5) is 10.6. The van der Waals surface area contributed by atoms with Crippen molar-refractivity contribution in [3.8, 4) is 21.8 Å². The molecule has 0 saturated carbocycles. The van der Waals surface area contributed by atoms with Gasteiger partial charge in [-0.15, -0.1) is 11.3 Å². The second-order valence-electron chi connectivity index (χ2n) is 8.14. The molecule has 5 aromatic rings. The van der Waals surface area contributed by atoms with Gasteiger partial charge in [-0.3, -0.25) is 10.1 Å². The molecule has 5 heterocycles. The van der Waals surface area contributed by atoms with Crippen LogP contribution < -0.4 is 5.32 Å². The number of H-pyrrole nitrogens is 2. The highest BCUT2D eigenvalue weighted by molar-refractivity contribution is 7.15. The van der Waals surface area contributed by atoms with Gasteiger partial charge in [-0.2, -0.15) is 5.10 Å². The van der Waals surface area contributed by atoms with Crippen molar-refractivity contribution in [2.75, 3.05) is 13.1 Å². The molecule has 4 aromatic heterocycles. The second kappa shape index (κ2) is 7.07. The topological polar surface area (TPSA) is 69.4 Å². The lowest BCUT2D eigenvalue weighted by Crippen LogP contribution is -2.26. The maximum atomic E-state index is 4.67. The molecule has 1 saturated heterocycles. The molecule has 3 N–H and O–H groups in total. The third kappa shape index (κ3) is 2.95. The second-order valence-corrected chi connectivity index (χ2v) is 9.43. The van der Waals surface area contributed by atoms with Gasteiger partial charge in [0.2, 0.25) is 0 Å². The molecule has 0 atom stereocenters. The predicted octanol–water partition coefficient (Wildman–Crippen LogP) is 5.61. The monoisotopic (exact) mass is 413 g/mol. The van der Waals surface area contributed by atoms with E-state index in [1.165, 1.54) is 44.5 Å². The zero-order chi connectivity index (χ0) is 20.1. The zero-order valence-corrected chi connectivity index (χ0v) is 17.6. The van der Waals surface area contributed by atoms with Crippen molar-refractivity contribution in [1.29, 1.82) is 0 Å². The largest absolute Gasteiger partial charge is 0.352 e. The van der Waals surface area contributed by atoms with E-state index in [0.717, 1.165) is 35.5 Å². The van der Waals surface area contributed by atoms with Crippen molar-refractivity contribution >= 4 is 33.1 Å². The van der Waals surface area contributed by atoms with E-state index in [-0.39, 0.29) is 0 Å². The molecule has 30 heavy (non-hydrogen) atoms. The molecule has 1 aliphatic heterocycles. The van der Waals surface area contributed by atoms with Gasteiger partial charge in [-0.1, -0.05) is 6.07 Å². The molecule has 6 heteroatoms. The van der Waals surface area contributed by atoms with Gasteiger partial charge in [0.15, 0.2) is 0 Å². The molecule has 150 valence electrons. The fraction of sp³-hybridized carbons (Fsp3) is 0.250. The zero-order valence-electron chi connectivity index (χ0n) is 16.8. The van der Waals surface area contributed by atoms with Crippen LogP contribution in [-0.4, -0.2) is 33.3 Å². The number of nitrogens with zero attached hydrogens (tertiary/aromatic N) is 2. The lowest BCUT2D eigenvalue weighted by Gasteiger charge is -2.23. The number of aromatic amines is 2. The Balaban J connectivity index is 1.47. The van der Waals surface area contributed by atoms with E-state index in [4.69, 9.17) is 0 Å². The van der Waals surface area contributed by atoms with Crippen LogP contribution in [0.25, 0.3) is 43.6 Å². The highest BCUT2D eigenvalue weighted by atomic mass is 32.1. The Morgan fingerprint density at radius 2 is 1.87 bits per heavy atom. The van der Waals surface area contributed by atoms with Gasteiger partial charge < -0.3 is 10.3 Å². The summed E-state index contributed by atoms with van der Waals surface area (Å²) >= 11 is 1.80. The molecular weight excluding hydrogens is 390 g/mol. The van der Waals surface area contributed by atoms with Crippen LogP contribution >= 0.6 is 11.3 Å². The number of benzene rings is 1. The number of aryl methyl sites for hydroxylation is 1. The fourth-order valence-corrected chi connectivity index (χ4v) is 5.49. The average molecular weight is 414 g/mol. The van der Waals surface area contributed by atoms with Gasteiger partial charge in [0.25, 0.3) is 0 Å². The summed E-state index contributed by atoms with van der Waals surface area (Å²) in [5.41, 5.74) is 6.71. The summed E-state index contributed by atoms with van der Waals surface area (Å²) in [6, 6.07) is 13.3. The minimum atomic E-state index is 0.624. The maximum Gasteiger partial charge on any atom is 0.116 e. The Morgan fingerprint density at radius 1 is 0.967 bits per heavy atom. The number of piperidine rings is 1. The van der Waals surface area contributed by atoms with Crippen LogP contribution in [0.2, 0.25) is 0 Å². The number of nitrogens with one attached hydrogen (secondary N) is 3. The number of aromatic nitrogens is 4. The highest BCUT2D eigenvalue weighted by Crippen LogP contribution is 2.37. The molecule has 0 radical (unpaired) electrons. The number of hydrogen-bond acceptors (Lipinski definition) is 4. The summed E-state index contributed by atoms with van der Waals surface area (Å²) in [5.74, 6) is 0.624. The van der Waals surface area contributed by atoms with Gasteiger partial charge in [-0.25, -0.2) is 0 Å². The lowest BCUT2D eigenvalue weighted by atomic mass is 9.89. The van der Waals surface area contributed by atoms with E-state index in [1.54, 1.807) is 11.3 Å². The van der Waals surface area contributed by atoms with Crippen molar-refractivity contribution in [2.45, 2.75) is 25.7 Å². The van der Waals surface area contributed by atoms with Crippen LogP contribution in [0.5, 0.6) is 0 Å². The Bertz CT molecular complexity index is 1350. The smallest absolute Gasteiger partial charge is 0.116 e. The van der Waals surface area contributed by atoms with Crippen LogP contribution in [0.3, 0.4) is 0 Å². The minimum absolute atomic E-state index is 0.624. The third-order valence-electron chi connectivity index (χ3n) is 6.20. The van der Waals surface area contributed by atoms with E-state index >= 15 is 0 Å². The van der Waals surface area contributed by atoms with E-state index < -0.39 is 0 Å². The number of rotatable bonds is 3. The Hall–Kier alpha value is -2.96. The minimum Gasteiger partial charge on any atom is -0.352 e. The molecule has 0 spiro atoms. The summed E-state index contributed by atoms with van der Waals surface area (Å²) in [5, 5.41) is 13.7. The molecule has 6 rings (SSSR count). The average Bonchev–Trinajstić information content (AvgIpc) is 3.51. The standard InChI is InChI=1S/C24H23N5S/c1-14-2-5-23(30-14)19-12-26-13-22-17(19)11-21(27-22)24-18-10-16(3-4-20(18)28-29-24)15-6-8-25-9-7-15/h2-5,10-13,15,25,27H,6-9H2,1H3,(H,28,29). The number of fused-ring (bicyclic) bond motifs is 2. The maximum absolute atomic E-state index is 4.67. The summed E-state index contributed by atoms with van der Waals surface area (Å²) in [7, 11) is 0. The first-order chi connectivity index (χ1) is 14.8. The molecule has 0 unspecified atom stereocenters. The van der Waals surface area contributed by atoms with Crippen LogP contribution in [0.1, 0.15) is 29.2 Å².